The van der Waals surface area contributed by atoms with E-state index in [1.807, 2.05) is 38.1 Å². The van der Waals surface area contributed by atoms with Crippen LogP contribution in [0.15, 0.2) is 29.2 Å². The molecule has 3 rings (SSSR count). The molecule has 2 fully saturated rings. The van der Waals surface area contributed by atoms with Crippen molar-refractivity contribution in [1.29, 1.82) is 0 Å². The van der Waals surface area contributed by atoms with E-state index in [1.54, 1.807) is 0 Å². The van der Waals surface area contributed by atoms with Crippen LogP contribution in [-0.4, -0.2) is 35.7 Å². The molecule has 1 aromatic carbocycles. The summed E-state index contributed by atoms with van der Waals surface area (Å²) in [7, 11) is 0. The van der Waals surface area contributed by atoms with Crippen LogP contribution in [0, 0.1) is 11.8 Å². The molecule has 0 aliphatic heterocycles. The Hall–Kier alpha value is -1.53. The molecule has 27 heavy (non-hydrogen) atoms. The predicted octanol–water partition coefficient (Wildman–Crippen LogP) is 2.94. The lowest BCUT2D eigenvalue weighted by molar-refractivity contribution is -0.119. The third-order valence-corrected chi connectivity index (χ3v) is 6.69. The van der Waals surface area contributed by atoms with Crippen molar-refractivity contribution in [2.75, 3.05) is 5.75 Å². The van der Waals surface area contributed by atoms with Crippen LogP contribution in [0.5, 0.6) is 0 Å². The number of hydrogen-bond acceptors (Lipinski definition) is 4. The van der Waals surface area contributed by atoms with Gasteiger partial charge < -0.3 is 16.4 Å². The second-order valence-corrected chi connectivity index (χ2v) is 9.21. The molecule has 5 nitrogen and oxygen atoms in total. The van der Waals surface area contributed by atoms with Gasteiger partial charge in [-0.1, -0.05) is 18.6 Å². The Kier molecular flexibility index (Phi) is 6.82. The summed E-state index contributed by atoms with van der Waals surface area (Å²) in [5, 5.41) is 6.20. The van der Waals surface area contributed by atoms with Crippen LogP contribution in [0.4, 0.5) is 0 Å². The van der Waals surface area contributed by atoms with E-state index in [4.69, 9.17) is 5.73 Å². The molecule has 148 valence electrons. The van der Waals surface area contributed by atoms with Crippen molar-refractivity contribution in [3.8, 4) is 0 Å². The SMILES string of the molecule is CC(C)NC(=O)CSc1ccccc1C(=O)NC1C2CCCC1CC(N)C2. The minimum atomic E-state index is -0.0280. The second-order valence-electron chi connectivity index (χ2n) is 8.19. The second kappa shape index (κ2) is 9.11. The summed E-state index contributed by atoms with van der Waals surface area (Å²) in [5.74, 6) is 1.26. The first-order chi connectivity index (χ1) is 12.9. The van der Waals surface area contributed by atoms with E-state index in [9.17, 15) is 9.59 Å². The van der Waals surface area contributed by atoms with Crippen LogP contribution < -0.4 is 16.4 Å². The molecule has 0 radical (unpaired) electrons. The van der Waals surface area contributed by atoms with Crippen LogP contribution in [0.2, 0.25) is 0 Å². The first kappa shape index (κ1) is 20.2. The van der Waals surface area contributed by atoms with E-state index < -0.39 is 0 Å². The van der Waals surface area contributed by atoms with E-state index in [1.165, 1.54) is 18.2 Å². The maximum Gasteiger partial charge on any atom is 0.252 e. The number of rotatable bonds is 6. The molecule has 0 saturated heterocycles. The van der Waals surface area contributed by atoms with Gasteiger partial charge in [0.05, 0.1) is 11.3 Å². The van der Waals surface area contributed by atoms with E-state index in [0.29, 0.717) is 23.2 Å². The van der Waals surface area contributed by atoms with Crippen molar-refractivity contribution < 1.29 is 9.59 Å². The highest BCUT2D eigenvalue weighted by molar-refractivity contribution is 8.00. The number of hydrogen-bond donors (Lipinski definition) is 3. The van der Waals surface area contributed by atoms with Gasteiger partial charge in [0.25, 0.3) is 5.91 Å². The molecule has 2 amide bonds. The van der Waals surface area contributed by atoms with Gasteiger partial charge in [0, 0.05) is 23.0 Å². The van der Waals surface area contributed by atoms with Crippen molar-refractivity contribution in [2.45, 2.75) is 69.0 Å². The van der Waals surface area contributed by atoms with Gasteiger partial charge in [-0.25, -0.2) is 0 Å². The summed E-state index contributed by atoms with van der Waals surface area (Å²) in [6.45, 7) is 3.88. The minimum Gasteiger partial charge on any atom is -0.353 e. The van der Waals surface area contributed by atoms with E-state index in [0.717, 1.165) is 30.6 Å². The molecule has 2 unspecified atom stereocenters. The van der Waals surface area contributed by atoms with E-state index in [2.05, 4.69) is 10.6 Å². The Balaban J connectivity index is 1.66. The van der Waals surface area contributed by atoms with Gasteiger partial charge in [-0.3, -0.25) is 9.59 Å². The number of fused-ring (bicyclic) bond motifs is 2. The third-order valence-electron chi connectivity index (χ3n) is 5.61. The molecule has 0 aromatic heterocycles. The largest absolute Gasteiger partial charge is 0.353 e. The fourth-order valence-electron chi connectivity index (χ4n) is 4.54. The highest BCUT2D eigenvalue weighted by Gasteiger charge is 2.40. The fourth-order valence-corrected chi connectivity index (χ4v) is 5.40. The third kappa shape index (κ3) is 5.26. The Morgan fingerprint density at radius 3 is 2.52 bits per heavy atom. The van der Waals surface area contributed by atoms with Crippen LogP contribution in [0.3, 0.4) is 0 Å². The summed E-state index contributed by atoms with van der Waals surface area (Å²) in [6, 6.07) is 8.18. The van der Waals surface area contributed by atoms with Crippen molar-refractivity contribution in [2.24, 2.45) is 17.6 Å². The smallest absolute Gasteiger partial charge is 0.252 e. The lowest BCUT2D eigenvalue weighted by Gasteiger charge is -2.45. The van der Waals surface area contributed by atoms with Crippen LogP contribution in [0.25, 0.3) is 0 Å². The molecule has 2 atom stereocenters. The van der Waals surface area contributed by atoms with Gasteiger partial charge in [-0.05, 0) is 63.5 Å². The number of carbonyl (C=O) groups excluding carboxylic acids is 2. The maximum atomic E-state index is 13.0. The molecule has 1 aromatic rings. The van der Waals surface area contributed by atoms with Crippen molar-refractivity contribution in [3.63, 3.8) is 0 Å². The number of carbonyl (C=O) groups is 2. The van der Waals surface area contributed by atoms with Crippen molar-refractivity contribution in [1.82, 2.24) is 10.6 Å². The summed E-state index contributed by atoms with van der Waals surface area (Å²) in [6.07, 6.45) is 5.56. The first-order valence-corrected chi connectivity index (χ1v) is 11.0. The minimum absolute atomic E-state index is 0.0130. The molecule has 2 aliphatic rings. The predicted molar refractivity (Wildman–Crippen MR) is 110 cm³/mol. The molecule has 6 heteroatoms. The van der Waals surface area contributed by atoms with Crippen LogP contribution in [-0.2, 0) is 4.79 Å². The monoisotopic (exact) mass is 389 g/mol. The summed E-state index contributed by atoms with van der Waals surface area (Å²) in [4.78, 5) is 25.8. The molecule has 2 bridgehead atoms. The molecule has 0 spiro atoms. The summed E-state index contributed by atoms with van der Waals surface area (Å²) >= 11 is 1.42. The zero-order valence-corrected chi connectivity index (χ0v) is 17.1. The average molecular weight is 390 g/mol. The van der Waals surface area contributed by atoms with Crippen LogP contribution >= 0.6 is 11.8 Å². The molecule has 0 heterocycles. The van der Waals surface area contributed by atoms with Crippen LogP contribution in [0.1, 0.15) is 56.3 Å². The number of benzene rings is 1. The van der Waals surface area contributed by atoms with Gasteiger partial charge >= 0.3 is 0 Å². The number of thioether (sulfide) groups is 1. The number of amides is 2. The Morgan fingerprint density at radius 2 is 1.85 bits per heavy atom. The quantitative estimate of drug-likeness (QED) is 0.653. The van der Waals surface area contributed by atoms with Gasteiger partial charge in [0.1, 0.15) is 0 Å². The number of nitrogens with one attached hydrogen (secondary N) is 2. The van der Waals surface area contributed by atoms with Gasteiger partial charge in [0.2, 0.25) is 5.91 Å². The lowest BCUT2D eigenvalue weighted by atomic mass is 9.67. The molecular weight excluding hydrogens is 358 g/mol. The number of nitrogens with two attached hydrogens (primary N) is 1. The zero-order valence-electron chi connectivity index (χ0n) is 16.2. The molecule has 4 N–H and O–H groups in total. The van der Waals surface area contributed by atoms with Crippen molar-refractivity contribution in [3.05, 3.63) is 29.8 Å². The van der Waals surface area contributed by atoms with E-state index in [-0.39, 0.29) is 29.9 Å². The Labute approximate surface area is 166 Å². The first-order valence-electron chi connectivity index (χ1n) is 10.0. The molecule has 2 aliphatic carbocycles. The van der Waals surface area contributed by atoms with Gasteiger partial charge in [-0.2, -0.15) is 0 Å². The highest BCUT2D eigenvalue weighted by atomic mass is 32.2. The molecular formula is C21H31N3O2S. The molecule has 2 saturated carbocycles. The Morgan fingerprint density at radius 1 is 1.19 bits per heavy atom. The summed E-state index contributed by atoms with van der Waals surface area (Å²) in [5.41, 5.74) is 6.86. The standard InChI is InChI=1S/C21H31N3O2S/c1-13(2)23-19(25)12-27-18-9-4-3-8-17(18)21(26)24-20-14-6-5-7-15(20)11-16(22)10-14/h3-4,8-9,13-16,20H,5-7,10-12,22H2,1-2H3,(H,23,25)(H,24,26). The average Bonchev–Trinajstić information content (AvgIpc) is 2.60. The van der Waals surface area contributed by atoms with Gasteiger partial charge in [-0.15, -0.1) is 11.8 Å². The fraction of sp³-hybridized carbons (Fsp3) is 0.619. The summed E-state index contributed by atoms with van der Waals surface area (Å²) < 4.78 is 0. The Bertz CT molecular complexity index is 665. The lowest BCUT2D eigenvalue weighted by Crippen LogP contribution is -2.53. The zero-order chi connectivity index (χ0) is 19.4. The maximum absolute atomic E-state index is 13.0. The van der Waals surface area contributed by atoms with E-state index >= 15 is 0 Å². The van der Waals surface area contributed by atoms with Gasteiger partial charge in [0.15, 0.2) is 0 Å². The normalized spacial score (nSPS) is 27.3. The topological polar surface area (TPSA) is 84.2 Å². The highest BCUT2D eigenvalue weighted by Crippen LogP contribution is 2.40. The van der Waals surface area contributed by atoms with Crippen molar-refractivity contribution >= 4 is 23.6 Å².